The highest BCUT2D eigenvalue weighted by atomic mass is 16.5. The fourth-order valence-corrected chi connectivity index (χ4v) is 2.52. The van der Waals surface area contributed by atoms with E-state index >= 15 is 0 Å². The minimum absolute atomic E-state index is 0.184. The molecule has 0 unspecified atom stereocenters. The number of nitrogens with one attached hydrogen (secondary N) is 2. The van der Waals surface area contributed by atoms with Crippen LogP contribution in [0.5, 0.6) is 11.8 Å². The SMILES string of the molecule is C=CC(=O)NCCCCOc1nc2ccccc2nc1OCCCCNC(=O)C=C. The Morgan fingerprint density at radius 3 is 1.63 bits per heavy atom. The van der Waals surface area contributed by atoms with E-state index in [-0.39, 0.29) is 11.8 Å². The van der Waals surface area contributed by atoms with Crippen LogP contribution in [0.3, 0.4) is 0 Å². The largest absolute Gasteiger partial charge is 0.474 e. The highest BCUT2D eigenvalue weighted by Gasteiger charge is 2.12. The van der Waals surface area contributed by atoms with E-state index in [9.17, 15) is 9.59 Å². The van der Waals surface area contributed by atoms with Crippen molar-refractivity contribution in [3.05, 3.63) is 49.6 Å². The normalized spacial score (nSPS) is 10.3. The number of fused-ring (bicyclic) bond motifs is 1. The molecule has 2 amide bonds. The molecular weight excluding hydrogens is 384 g/mol. The van der Waals surface area contributed by atoms with Crippen molar-refractivity contribution in [3.63, 3.8) is 0 Å². The predicted molar refractivity (Wildman–Crippen MR) is 115 cm³/mol. The van der Waals surface area contributed by atoms with Gasteiger partial charge in [0, 0.05) is 13.1 Å². The molecule has 0 saturated carbocycles. The summed E-state index contributed by atoms with van der Waals surface area (Å²) in [7, 11) is 0. The third-order valence-corrected chi connectivity index (χ3v) is 4.10. The number of para-hydroxylation sites is 2. The summed E-state index contributed by atoms with van der Waals surface area (Å²) < 4.78 is 11.6. The number of nitrogens with zero attached hydrogens (tertiary/aromatic N) is 2. The van der Waals surface area contributed by atoms with Gasteiger partial charge in [0.1, 0.15) is 0 Å². The van der Waals surface area contributed by atoms with Crippen molar-refractivity contribution < 1.29 is 19.1 Å². The first-order chi connectivity index (χ1) is 14.6. The van der Waals surface area contributed by atoms with Crippen LogP contribution in [0.4, 0.5) is 0 Å². The van der Waals surface area contributed by atoms with E-state index in [1.54, 1.807) is 0 Å². The van der Waals surface area contributed by atoms with Gasteiger partial charge in [-0.15, -0.1) is 0 Å². The molecule has 0 saturated heterocycles. The lowest BCUT2D eigenvalue weighted by Gasteiger charge is -2.12. The van der Waals surface area contributed by atoms with Crippen molar-refractivity contribution in [2.24, 2.45) is 0 Å². The number of hydrogen-bond acceptors (Lipinski definition) is 6. The Kier molecular flexibility index (Phi) is 9.85. The fraction of sp³-hybridized carbons (Fsp3) is 0.364. The highest BCUT2D eigenvalue weighted by Crippen LogP contribution is 2.26. The lowest BCUT2D eigenvalue weighted by Crippen LogP contribution is -2.22. The number of hydrogen-bond donors (Lipinski definition) is 2. The Balaban J connectivity index is 1.86. The summed E-state index contributed by atoms with van der Waals surface area (Å²) in [5.41, 5.74) is 1.45. The molecule has 8 nitrogen and oxygen atoms in total. The Labute approximate surface area is 176 Å². The molecule has 0 atom stereocenters. The van der Waals surface area contributed by atoms with E-state index in [1.807, 2.05) is 24.3 Å². The second-order valence-electron chi connectivity index (χ2n) is 6.42. The number of carbonyl (C=O) groups excluding carboxylic acids is 2. The van der Waals surface area contributed by atoms with Crippen LogP contribution in [0, 0.1) is 0 Å². The van der Waals surface area contributed by atoms with Crippen molar-refractivity contribution in [1.29, 1.82) is 0 Å². The van der Waals surface area contributed by atoms with Crippen molar-refractivity contribution in [1.82, 2.24) is 20.6 Å². The second-order valence-corrected chi connectivity index (χ2v) is 6.42. The third kappa shape index (κ3) is 7.90. The van der Waals surface area contributed by atoms with Crippen LogP contribution in [0.1, 0.15) is 25.7 Å². The van der Waals surface area contributed by atoms with Gasteiger partial charge in [-0.25, -0.2) is 9.97 Å². The lowest BCUT2D eigenvalue weighted by atomic mass is 10.3. The van der Waals surface area contributed by atoms with Gasteiger partial charge >= 0.3 is 0 Å². The zero-order valence-electron chi connectivity index (χ0n) is 17.1. The zero-order valence-corrected chi connectivity index (χ0v) is 17.1. The number of rotatable bonds is 14. The molecule has 1 heterocycles. The molecule has 160 valence electrons. The van der Waals surface area contributed by atoms with Gasteiger partial charge in [-0.3, -0.25) is 9.59 Å². The Morgan fingerprint density at radius 1 is 0.800 bits per heavy atom. The zero-order chi connectivity index (χ0) is 21.6. The van der Waals surface area contributed by atoms with Crippen LogP contribution in [0.25, 0.3) is 11.0 Å². The van der Waals surface area contributed by atoms with Gasteiger partial charge in [-0.05, 0) is 50.0 Å². The summed E-state index contributed by atoms with van der Waals surface area (Å²) in [6, 6.07) is 7.51. The molecule has 0 aliphatic rings. The fourth-order valence-electron chi connectivity index (χ4n) is 2.52. The molecule has 0 radical (unpaired) electrons. The minimum atomic E-state index is -0.184. The summed E-state index contributed by atoms with van der Waals surface area (Å²) >= 11 is 0. The molecular formula is C22H28N4O4. The average molecular weight is 412 g/mol. The van der Waals surface area contributed by atoms with Crippen molar-refractivity contribution in [2.45, 2.75) is 25.7 Å². The molecule has 8 heteroatoms. The first-order valence-corrected chi connectivity index (χ1v) is 9.97. The van der Waals surface area contributed by atoms with Crippen LogP contribution in [0.15, 0.2) is 49.6 Å². The third-order valence-electron chi connectivity index (χ3n) is 4.10. The first kappa shape index (κ1) is 22.9. The van der Waals surface area contributed by atoms with E-state index < -0.39 is 0 Å². The van der Waals surface area contributed by atoms with Crippen LogP contribution >= 0.6 is 0 Å². The number of ether oxygens (including phenoxy) is 2. The predicted octanol–water partition coefficient (Wildman–Crippen LogP) is 2.55. The first-order valence-electron chi connectivity index (χ1n) is 9.97. The van der Waals surface area contributed by atoms with Gasteiger partial charge in [0.15, 0.2) is 0 Å². The van der Waals surface area contributed by atoms with Crippen molar-refractivity contribution >= 4 is 22.8 Å². The van der Waals surface area contributed by atoms with Gasteiger partial charge in [0.05, 0.1) is 24.2 Å². The summed E-state index contributed by atoms with van der Waals surface area (Å²) in [5, 5.41) is 5.45. The number of amides is 2. The molecule has 1 aromatic heterocycles. The Morgan fingerprint density at radius 2 is 1.23 bits per heavy atom. The molecule has 30 heavy (non-hydrogen) atoms. The summed E-state index contributed by atoms with van der Waals surface area (Å²) in [5.74, 6) is 0.333. The Hall–Kier alpha value is -3.42. The van der Waals surface area contributed by atoms with Crippen molar-refractivity contribution in [2.75, 3.05) is 26.3 Å². The molecule has 0 aliphatic heterocycles. The number of benzene rings is 1. The van der Waals surface area contributed by atoms with Crippen molar-refractivity contribution in [3.8, 4) is 11.8 Å². The smallest absolute Gasteiger partial charge is 0.278 e. The standard InChI is InChI=1S/C22H28N4O4/c1-3-19(27)23-13-7-9-15-29-21-22(26-18-12-6-5-11-17(18)25-21)30-16-10-8-14-24-20(28)4-2/h3-6,11-12H,1-2,7-10,13-16H2,(H,23,27)(H,24,28). The molecule has 0 fully saturated rings. The highest BCUT2D eigenvalue weighted by molar-refractivity contribution is 5.87. The molecule has 0 spiro atoms. The van der Waals surface area contributed by atoms with Crippen LogP contribution in [-0.2, 0) is 9.59 Å². The monoisotopic (exact) mass is 412 g/mol. The van der Waals surface area contributed by atoms with E-state index in [4.69, 9.17) is 9.47 Å². The quantitative estimate of drug-likeness (QED) is 0.365. The van der Waals surface area contributed by atoms with Gasteiger partial charge in [0.2, 0.25) is 11.8 Å². The number of aromatic nitrogens is 2. The van der Waals surface area contributed by atoms with Crippen LogP contribution in [0.2, 0.25) is 0 Å². The minimum Gasteiger partial charge on any atom is -0.474 e. The van der Waals surface area contributed by atoms with E-state index in [0.717, 1.165) is 36.7 Å². The molecule has 0 aliphatic carbocycles. The van der Waals surface area contributed by atoms with Gasteiger partial charge in [-0.1, -0.05) is 25.3 Å². The van der Waals surface area contributed by atoms with E-state index in [0.29, 0.717) is 38.1 Å². The van der Waals surface area contributed by atoms with Gasteiger partial charge in [0.25, 0.3) is 11.8 Å². The number of carbonyl (C=O) groups is 2. The second kappa shape index (κ2) is 12.9. The van der Waals surface area contributed by atoms with Gasteiger partial charge < -0.3 is 20.1 Å². The molecule has 2 aromatic rings. The summed E-state index contributed by atoms with van der Waals surface area (Å²) in [6.07, 6.45) is 5.53. The maximum atomic E-state index is 11.1. The molecule has 2 N–H and O–H groups in total. The summed E-state index contributed by atoms with van der Waals surface area (Å²) in [6.45, 7) is 8.81. The topological polar surface area (TPSA) is 102 Å². The van der Waals surface area contributed by atoms with E-state index in [1.165, 1.54) is 12.2 Å². The van der Waals surface area contributed by atoms with Crippen LogP contribution < -0.4 is 20.1 Å². The van der Waals surface area contributed by atoms with E-state index in [2.05, 4.69) is 33.8 Å². The van der Waals surface area contributed by atoms with Gasteiger partial charge in [-0.2, -0.15) is 0 Å². The maximum Gasteiger partial charge on any atom is 0.278 e. The maximum absolute atomic E-state index is 11.1. The molecule has 0 bridgehead atoms. The summed E-state index contributed by atoms with van der Waals surface area (Å²) in [4.78, 5) is 31.3. The Bertz CT molecular complexity index is 799. The number of unbranched alkanes of at least 4 members (excludes halogenated alkanes) is 2. The van der Waals surface area contributed by atoms with Crippen LogP contribution in [-0.4, -0.2) is 48.1 Å². The lowest BCUT2D eigenvalue weighted by molar-refractivity contribution is -0.117. The molecule has 1 aromatic carbocycles. The molecule has 2 rings (SSSR count). The average Bonchev–Trinajstić information content (AvgIpc) is 2.77.